The van der Waals surface area contributed by atoms with Crippen LogP contribution in [0.2, 0.25) is 0 Å². The van der Waals surface area contributed by atoms with E-state index in [1.807, 2.05) is 0 Å². The highest BCUT2D eigenvalue weighted by Gasteiger charge is 2.11. The van der Waals surface area contributed by atoms with Crippen LogP contribution in [0, 0.1) is 0 Å². The fourth-order valence-electron chi connectivity index (χ4n) is 1.39. The third-order valence-corrected chi connectivity index (χ3v) is 2.50. The maximum atomic E-state index is 10.6. The molecule has 0 atom stereocenters. The summed E-state index contributed by atoms with van der Waals surface area (Å²) in [5.74, 6) is 0.876. The Hall–Kier alpha value is -0.700. The maximum absolute atomic E-state index is 10.6. The highest BCUT2D eigenvalue weighted by atomic mass is 35.5. The van der Waals surface area contributed by atoms with Gasteiger partial charge in [-0.2, -0.15) is 0 Å². The second-order valence-electron chi connectivity index (χ2n) is 3.37. The fourth-order valence-corrected chi connectivity index (χ4v) is 1.68. The van der Waals surface area contributed by atoms with E-state index in [1.165, 1.54) is 6.92 Å². The average molecular weight is 218 g/mol. The van der Waals surface area contributed by atoms with Gasteiger partial charge in [-0.1, -0.05) is 11.6 Å². The number of hydrogen-bond acceptors (Lipinski definition) is 2. The van der Waals surface area contributed by atoms with Gasteiger partial charge in [-0.25, -0.2) is 0 Å². The molecule has 0 heterocycles. The van der Waals surface area contributed by atoms with Gasteiger partial charge in [-0.3, -0.25) is 4.79 Å². The van der Waals surface area contributed by atoms with Gasteiger partial charge >= 0.3 is 0 Å². The standard InChI is InChI=1S/C10H16ClNO2/c1-8(13)12-6-7-14-10-5-3-2-4-9(10)11/h2-7H2,1H3,(H,12,13). The minimum absolute atomic E-state index is 0.0303. The molecule has 1 aliphatic rings. The van der Waals surface area contributed by atoms with Gasteiger partial charge in [0, 0.05) is 13.3 Å². The quantitative estimate of drug-likeness (QED) is 0.733. The highest BCUT2D eigenvalue weighted by molar-refractivity contribution is 6.29. The molecule has 0 spiro atoms. The number of carbonyl (C=O) groups is 1. The molecule has 0 aliphatic heterocycles. The van der Waals surface area contributed by atoms with E-state index in [-0.39, 0.29) is 5.91 Å². The molecule has 1 rings (SSSR count). The lowest BCUT2D eigenvalue weighted by molar-refractivity contribution is -0.119. The van der Waals surface area contributed by atoms with Crippen LogP contribution in [0.4, 0.5) is 0 Å². The average Bonchev–Trinajstić information content (AvgIpc) is 2.15. The molecule has 0 aromatic carbocycles. The SMILES string of the molecule is CC(=O)NCCOC1=C(Cl)CCCC1. The van der Waals surface area contributed by atoms with Crippen molar-refractivity contribution < 1.29 is 9.53 Å². The summed E-state index contributed by atoms with van der Waals surface area (Å²) in [6.45, 7) is 2.54. The van der Waals surface area contributed by atoms with Crippen LogP contribution in [0.3, 0.4) is 0 Å². The molecule has 0 saturated carbocycles. The Morgan fingerprint density at radius 1 is 1.50 bits per heavy atom. The normalized spacial score (nSPS) is 16.7. The molecule has 0 aromatic rings. The zero-order valence-corrected chi connectivity index (χ0v) is 9.19. The van der Waals surface area contributed by atoms with Crippen molar-refractivity contribution in [3.05, 3.63) is 10.8 Å². The first-order chi connectivity index (χ1) is 6.70. The van der Waals surface area contributed by atoms with E-state index in [0.29, 0.717) is 13.2 Å². The van der Waals surface area contributed by atoms with Crippen LogP contribution < -0.4 is 5.32 Å². The predicted molar refractivity (Wildman–Crippen MR) is 56.0 cm³/mol. The highest BCUT2D eigenvalue weighted by Crippen LogP contribution is 2.27. The van der Waals surface area contributed by atoms with Crippen molar-refractivity contribution in [3.8, 4) is 0 Å². The molecule has 1 aliphatic carbocycles. The maximum Gasteiger partial charge on any atom is 0.216 e. The number of allylic oxidation sites excluding steroid dienone is 2. The molecule has 1 N–H and O–H groups in total. The third kappa shape index (κ3) is 4.01. The van der Waals surface area contributed by atoms with Crippen molar-refractivity contribution in [1.29, 1.82) is 0 Å². The first-order valence-corrected chi connectivity index (χ1v) is 5.32. The monoisotopic (exact) mass is 217 g/mol. The summed E-state index contributed by atoms with van der Waals surface area (Å²) >= 11 is 5.99. The van der Waals surface area contributed by atoms with Gasteiger partial charge in [0.15, 0.2) is 0 Å². The molecular weight excluding hydrogens is 202 g/mol. The summed E-state index contributed by atoms with van der Waals surface area (Å²) < 4.78 is 5.48. The molecule has 3 nitrogen and oxygen atoms in total. The van der Waals surface area contributed by atoms with Crippen LogP contribution in [0.25, 0.3) is 0 Å². The summed E-state index contributed by atoms with van der Waals surface area (Å²) in [5, 5.41) is 3.52. The van der Waals surface area contributed by atoms with Crippen LogP contribution in [-0.4, -0.2) is 19.1 Å². The number of ether oxygens (including phenoxy) is 1. The molecule has 0 radical (unpaired) electrons. The first kappa shape index (κ1) is 11.4. The summed E-state index contributed by atoms with van der Waals surface area (Å²) in [5.41, 5.74) is 0. The zero-order chi connectivity index (χ0) is 10.4. The fraction of sp³-hybridized carbons (Fsp3) is 0.700. The van der Waals surface area contributed by atoms with Crippen LogP contribution in [0.1, 0.15) is 32.6 Å². The van der Waals surface area contributed by atoms with Crippen LogP contribution in [0.5, 0.6) is 0 Å². The molecule has 0 fully saturated rings. The number of rotatable bonds is 4. The number of hydrogen-bond donors (Lipinski definition) is 1. The van der Waals surface area contributed by atoms with E-state index in [9.17, 15) is 4.79 Å². The Bertz CT molecular complexity index is 238. The van der Waals surface area contributed by atoms with Gasteiger partial charge in [0.2, 0.25) is 5.91 Å². The lowest BCUT2D eigenvalue weighted by Gasteiger charge is -2.17. The van der Waals surface area contributed by atoms with E-state index < -0.39 is 0 Å². The molecular formula is C10H16ClNO2. The van der Waals surface area contributed by atoms with Crippen molar-refractivity contribution >= 4 is 17.5 Å². The van der Waals surface area contributed by atoms with E-state index in [0.717, 1.165) is 36.5 Å². The summed E-state index contributed by atoms with van der Waals surface area (Å²) in [6, 6.07) is 0. The van der Waals surface area contributed by atoms with Crippen molar-refractivity contribution in [2.75, 3.05) is 13.2 Å². The largest absolute Gasteiger partial charge is 0.495 e. The topological polar surface area (TPSA) is 38.3 Å². The minimum Gasteiger partial charge on any atom is -0.495 e. The Labute approximate surface area is 89.5 Å². The number of amides is 1. The molecule has 14 heavy (non-hydrogen) atoms. The molecule has 0 saturated heterocycles. The van der Waals surface area contributed by atoms with Gasteiger partial charge in [-0.15, -0.1) is 0 Å². The number of carbonyl (C=O) groups excluding carboxylic acids is 1. The van der Waals surface area contributed by atoms with Gasteiger partial charge in [0.1, 0.15) is 12.4 Å². The van der Waals surface area contributed by atoms with Gasteiger partial charge in [0.25, 0.3) is 0 Å². The third-order valence-electron chi connectivity index (χ3n) is 2.10. The predicted octanol–water partition coefficient (Wildman–Crippen LogP) is 2.16. The van der Waals surface area contributed by atoms with Crippen LogP contribution >= 0.6 is 11.6 Å². The second-order valence-corrected chi connectivity index (χ2v) is 3.82. The minimum atomic E-state index is -0.0303. The number of nitrogens with one attached hydrogen (secondary N) is 1. The molecule has 80 valence electrons. The molecule has 0 bridgehead atoms. The molecule has 0 unspecified atom stereocenters. The van der Waals surface area contributed by atoms with Crippen molar-refractivity contribution in [3.63, 3.8) is 0 Å². The Morgan fingerprint density at radius 2 is 2.21 bits per heavy atom. The van der Waals surface area contributed by atoms with Crippen molar-refractivity contribution in [2.45, 2.75) is 32.6 Å². The Balaban J connectivity index is 2.20. The first-order valence-electron chi connectivity index (χ1n) is 4.95. The van der Waals surface area contributed by atoms with Gasteiger partial charge in [-0.05, 0) is 19.3 Å². The Kier molecular flexibility index (Phi) is 4.80. The van der Waals surface area contributed by atoms with Gasteiger partial charge < -0.3 is 10.1 Å². The van der Waals surface area contributed by atoms with E-state index in [1.54, 1.807) is 0 Å². The van der Waals surface area contributed by atoms with E-state index >= 15 is 0 Å². The molecule has 0 aromatic heterocycles. The lowest BCUT2D eigenvalue weighted by atomic mass is 10.1. The summed E-state index contributed by atoms with van der Waals surface area (Å²) in [6.07, 6.45) is 4.15. The second kappa shape index (κ2) is 5.91. The van der Waals surface area contributed by atoms with Gasteiger partial charge in [0.05, 0.1) is 11.6 Å². The van der Waals surface area contributed by atoms with E-state index in [2.05, 4.69) is 5.32 Å². The van der Waals surface area contributed by atoms with Crippen LogP contribution in [0.15, 0.2) is 10.8 Å². The Morgan fingerprint density at radius 3 is 2.86 bits per heavy atom. The van der Waals surface area contributed by atoms with Crippen LogP contribution in [-0.2, 0) is 9.53 Å². The number of halogens is 1. The molecule has 1 amide bonds. The lowest BCUT2D eigenvalue weighted by Crippen LogP contribution is -2.24. The summed E-state index contributed by atoms with van der Waals surface area (Å²) in [7, 11) is 0. The summed E-state index contributed by atoms with van der Waals surface area (Å²) in [4.78, 5) is 10.6. The van der Waals surface area contributed by atoms with E-state index in [4.69, 9.17) is 16.3 Å². The van der Waals surface area contributed by atoms with Crippen molar-refractivity contribution in [1.82, 2.24) is 5.32 Å². The smallest absolute Gasteiger partial charge is 0.216 e. The molecule has 4 heteroatoms. The van der Waals surface area contributed by atoms with Crippen molar-refractivity contribution in [2.24, 2.45) is 0 Å². The zero-order valence-electron chi connectivity index (χ0n) is 8.44.